The van der Waals surface area contributed by atoms with Crippen LogP contribution in [0.15, 0.2) is 35.3 Å². The summed E-state index contributed by atoms with van der Waals surface area (Å²) in [5.41, 5.74) is 1.42. The first kappa shape index (κ1) is 12.2. The predicted molar refractivity (Wildman–Crippen MR) is 73.4 cm³/mol. The van der Waals surface area contributed by atoms with Crippen LogP contribution in [0.2, 0.25) is 0 Å². The molecule has 1 unspecified atom stereocenters. The van der Waals surface area contributed by atoms with E-state index < -0.39 is 0 Å². The van der Waals surface area contributed by atoms with E-state index in [0.717, 1.165) is 18.9 Å². The van der Waals surface area contributed by atoms with Gasteiger partial charge in [0.1, 0.15) is 0 Å². The average Bonchev–Trinajstić information content (AvgIpc) is 3.19. The number of nitrogens with one attached hydrogen (secondary N) is 1. The quantitative estimate of drug-likeness (QED) is 0.610. The van der Waals surface area contributed by atoms with Crippen molar-refractivity contribution < 1.29 is 0 Å². The van der Waals surface area contributed by atoms with Crippen molar-refractivity contribution >= 4 is 5.84 Å². The zero-order chi connectivity index (χ0) is 12.1. The van der Waals surface area contributed by atoms with Gasteiger partial charge in [0.25, 0.3) is 0 Å². The molecule has 0 bridgehead atoms. The minimum atomic E-state index is 0.586. The summed E-state index contributed by atoms with van der Waals surface area (Å²) in [6.07, 6.45) is 3.84. The Morgan fingerprint density at radius 3 is 2.59 bits per heavy atom. The molecule has 0 saturated heterocycles. The molecule has 0 amide bonds. The smallest absolute Gasteiger partial charge is 0.0996 e. The van der Waals surface area contributed by atoms with Crippen LogP contribution in [0, 0.1) is 11.8 Å². The van der Waals surface area contributed by atoms with Crippen molar-refractivity contribution in [3.8, 4) is 0 Å². The molecular weight excluding hydrogens is 208 g/mol. The third kappa shape index (κ3) is 3.32. The number of hydrogen-bond donors (Lipinski definition) is 1. The number of amidine groups is 1. The highest BCUT2D eigenvalue weighted by Crippen LogP contribution is 2.38. The molecule has 1 fully saturated rings. The molecule has 0 radical (unpaired) electrons. The molecule has 0 heterocycles. The number of rotatable bonds is 5. The van der Waals surface area contributed by atoms with E-state index >= 15 is 0 Å². The molecule has 1 atom stereocenters. The van der Waals surface area contributed by atoms with Crippen molar-refractivity contribution in [3.05, 3.63) is 35.9 Å². The molecule has 92 valence electrons. The van der Waals surface area contributed by atoms with E-state index in [-0.39, 0.29) is 0 Å². The van der Waals surface area contributed by atoms with Crippen molar-refractivity contribution in [2.75, 3.05) is 13.6 Å². The van der Waals surface area contributed by atoms with Crippen LogP contribution < -0.4 is 5.32 Å². The Bertz CT molecular complexity index is 366. The third-order valence-electron chi connectivity index (χ3n) is 3.44. The lowest BCUT2D eigenvalue weighted by Gasteiger charge is -2.19. The Hall–Kier alpha value is -1.31. The number of hydrogen-bond acceptors (Lipinski definition) is 1. The van der Waals surface area contributed by atoms with Crippen LogP contribution >= 0.6 is 0 Å². The van der Waals surface area contributed by atoms with E-state index in [9.17, 15) is 0 Å². The zero-order valence-corrected chi connectivity index (χ0v) is 10.8. The second kappa shape index (κ2) is 5.85. The molecule has 1 N–H and O–H groups in total. The lowest BCUT2D eigenvalue weighted by molar-refractivity contribution is 0.581. The van der Waals surface area contributed by atoms with E-state index in [0.29, 0.717) is 5.92 Å². The molecule has 0 spiro atoms. The van der Waals surface area contributed by atoms with Gasteiger partial charge in [0.05, 0.1) is 5.84 Å². The third-order valence-corrected chi connectivity index (χ3v) is 3.44. The Balaban J connectivity index is 2.07. The summed E-state index contributed by atoms with van der Waals surface area (Å²) < 4.78 is 0. The van der Waals surface area contributed by atoms with E-state index in [2.05, 4.69) is 47.6 Å². The summed E-state index contributed by atoms with van der Waals surface area (Å²) in [5, 5.41) is 3.42. The maximum absolute atomic E-state index is 4.44. The van der Waals surface area contributed by atoms with Gasteiger partial charge in [-0.15, -0.1) is 0 Å². The first-order valence-electron chi connectivity index (χ1n) is 6.59. The van der Waals surface area contributed by atoms with E-state index in [1.54, 1.807) is 0 Å². The molecule has 0 aliphatic heterocycles. The SMILES string of the molecule is CCNC(=NC)C(Cc1ccccc1)C1CC1. The van der Waals surface area contributed by atoms with Crippen molar-refractivity contribution in [1.82, 2.24) is 5.32 Å². The molecule has 2 heteroatoms. The lowest BCUT2D eigenvalue weighted by atomic mass is 9.93. The van der Waals surface area contributed by atoms with Crippen LogP contribution in [0.4, 0.5) is 0 Å². The highest BCUT2D eigenvalue weighted by molar-refractivity contribution is 5.85. The normalized spacial score (nSPS) is 17.9. The van der Waals surface area contributed by atoms with Crippen molar-refractivity contribution in [2.24, 2.45) is 16.8 Å². The van der Waals surface area contributed by atoms with Gasteiger partial charge in [-0.25, -0.2) is 0 Å². The van der Waals surface area contributed by atoms with Crippen molar-refractivity contribution in [1.29, 1.82) is 0 Å². The molecule has 0 aromatic heterocycles. The molecular formula is C15H22N2. The molecule has 1 saturated carbocycles. The first-order chi connectivity index (χ1) is 8.35. The lowest BCUT2D eigenvalue weighted by Crippen LogP contribution is -2.33. The van der Waals surface area contributed by atoms with Gasteiger partial charge in [-0.05, 0) is 37.7 Å². The summed E-state index contributed by atoms with van der Waals surface area (Å²) in [7, 11) is 1.90. The molecule has 2 rings (SSSR count). The van der Waals surface area contributed by atoms with Gasteiger partial charge >= 0.3 is 0 Å². The van der Waals surface area contributed by atoms with Gasteiger partial charge in [-0.3, -0.25) is 4.99 Å². The number of nitrogens with zero attached hydrogens (tertiary/aromatic N) is 1. The predicted octanol–water partition coefficient (Wildman–Crippen LogP) is 2.89. The second-order valence-corrected chi connectivity index (χ2v) is 4.77. The van der Waals surface area contributed by atoms with Crippen LogP contribution in [0.5, 0.6) is 0 Å². The van der Waals surface area contributed by atoms with Crippen LogP contribution in [0.1, 0.15) is 25.3 Å². The van der Waals surface area contributed by atoms with Gasteiger partial charge in [0.15, 0.2) is 0 Å². The Morgan fingerprint density at radius 1 is 1.35 bits per heavy atom. The Labute approximate surface area is 104 Å². The highest BCUT2D eigenvalue weighted by Gasteiger charge is 2.34. The average molecular weight is 230 g/mol. The molecule has 1 aliphatic carbocycles. The molecule has 2 nitrogen and oxygen atoms in total. The Kier molecular flexibility index (Phi) is 4.18. The maximum atomic E-state index is 4.44. The topological polar surface area (TPSA) is 24.4 Å². The minimum absolute atomic E-state index is 0.586. The number of benzene rings is 1. The maximum Gasteiger partial charge on any atom is 0.0996 e. The van der Waals surface area contributed by atoms with E-state index in [1.165, 1.54) is 24.2 Å². The van der Waals surface area contributed by atoms with Gasteiger partial charge in [-0.2, -0.15) is 0 Å². The minimum Gasteiger partial charge on any atom is -0.374 e. The van der Waals surface area contributed by atoms with Crippen LogP contribution in [0.3, 0.4) is 0 Å². The molecule has 1 aromatic carbocycles. The summed E-state index contributed by atoms with van der Waals surface area (Å²) in [6, 6.07) is 10.8. The van der Waals surface area contributed by atoms with Crippen LogP contribution in [-0.2, 0) is 6.42 Å². The second-order valence-electron chi connectivity index (χ2n) is 4.77. The van der Waals surface area contributed by atoms with Crippen molar-refractivity contribution in [3.63, 3.8) is 0 Å². The summed E-state index contributed by atoms with van der Waals surface area (Å²) in [4.78, 5) is 4.44. The van der Waals surface area contributed by atoms with Crippen molar-refractivity contribution in [2.45, 2.75) is 26.2 Å². The monoisotopic (exact) mass is 230 g/mol. The summed E-state index contributed by atoms with van der Waals surface area (Å²) in [5.74, 6) is 2.62. The van der Waals surface area contributed by atoms with E-state index in [4.69, 9.17) is 0 Å². The van der Waals surface area contributed by atoms with Gasteiger partial charge in [-0.1, -0.05) is 30.3 Å². The fourth-order valence-electron chi connectivity index (χ4n) is 2.41. The summed E-state index contributed by atoms with van der Waals surface area (Å²) >= 11 is 0. The zero-order valence-electron chi connectivity index (χ0n) is 10.8. The molecule has 17 heavy (non-hydrogen) atoms. The first-order valence-corrected chi connectivity index (χ1v) is 6.59. The standard InChI is InChI=1S/C15H22N2/c1-3-17-15(16-2)14(13-9-10-13)11-12-7-5-4-6-8-12/h4-8,13-14H,3,9-11H2,1-2H3,(H,16,17). The fourth-order valence-corrected chi connectivity index (χ4v) is 2.41. The van der Waals surface area contributed by atoms with Crippen LogP contribution in [-0.4, -0.2) is 19.4 Å². The summed E-state index contributed by atoms with van der Waals surface area (Å²) in [6.45, 7) is 3.10. The van der Waals surface area contributed by atoms with Gasteiger partial charge in [0, 0.05) is 19.5 Å². The van der Waals surface area contributed by atoms with Gasteiger partial charge < -0.3 is 5.32 Å². The van der Waals surface area contributed by atoms with Gasteiger partial charge in [0.2, 0.25) is 0 Å². The van der Waals surface area contributed by atoms with Crippen LogP contribution in [0.25, 0.3) is 0 Å². The van der Waals surface area contributed by atoms with E-state index in [1.807, 2.05) is 7.05 Å². The Morgan fingerprint density at radius 2 is 2.06 bits per heavy atom. The fraction of sp³-hybridized carbons (Fsp3) is 0.533. The number of aliphatic imine (C=N–C) groups is 1. The largest absolute Gasteiger partial charge is 0.374 e. The molecule has 1 aliphatic rings. The highest BCUT2D eigenvalue weighted by atomic mass is 15.0. The molecule has 1 aromatic rings.